The SMILES string of the molecule is CC1=CCC[C@@H]2[C@@](C)(CC[C@H]3CC(=O)NC3=O)[C@H](C)CC[C@@]12C. The molecule has 1 saturated heterocycles. The first-order valence-corrected chi connectivity index (χ1v) is 9.28. The first-order chi connectivity index (χ1) is 10.8. The Balaban J connectivity index is 1.79. The van der Waals surface area contributed by atoms with Gasteiger partial charge < -0.3 is 0 Å². The normalized spacial score (nSPS) is 43.8. The summed E-state index contributed by atoms with van der Waals surface area (Å²) in [6.45, 7) is 9.62. The third-order valence-corrected chi connectivity index (χ3v) is 7.69. The minimum Gasteiger partial charge on any atom is -0.296 e. The minimum absolute atomic E-state index is 0.0513. The average Bonchev–Trinajstić information content (AvgIpc) is 2.82. The summed E-state index contributed by atoms with van der Waals surface area (Å²) in [6.07, 6.45) is 9.77. The Kier molecular flexibility index (Phi) is 4.18. The van der Waals surface area contributed by atoms with Crippen LogP contribution in [0.5, 0.6) is 0 Å². The van der Waals surface area contributed by atoms with E-state index in [9.17, 15) is 9.59 Å². The number of carbonyl (C=O) groups excluding carboxylic acids is 2. The standard InChI is InChI=1S/C20H31NO2/c1-13-6-5-7-16-19(13,3)10-8-14(2)20(16,4)11-9-15-12-17(22)21-18(15)23/h6,14-16H,5,7-12H2,1-4H3,(H,21,22,23)/t14-,15+,16+,19+,20+/m1/s1. The van der Waals surface area contributed by atoms with Crippen molar-refractivity contribution in [3.8, 4) is 0 Å². The fraction of sp³-hybridized carbons (Fsp3) is 0.800. The van der Waals surface area contributed by atoms with E-state index in [0.29, 0.717) is 23.7 Å². The predicted molar refractivity (Wildman–Crippen MR) is 91.6 cm³/mol. The summed E-state index contributed by atoms with van der Waals surface area (Å²) in [4.78, 5) is 23.3. The number of hydrogen-bond acceptors (Lipinski definition) is 2. The fourth-order valence-electron chi connectivity index (χ4n) is 5.66. The zero-order chi connectivity index (χ0) is 16.8. The molecule has 23 heavy (non-hydrogen) atoms. The topological polar surface area (TPSA) is 46.2 Å². The molecule has 0 aromatic rings. The van der Waals surface area contributed by atoms with Gasteiger partial charge in [0, 0.05) is 12.3 Å². The molecule has 128 valence electrons. The van der Waals surface area contributed by atoms with E-state index in [1.807, 2.05) is 0 Å². The maximum absolute atomic E-state index is 11.9. The summed E-state index contributed by atoms with van der Waals surface area (Å²) in [5, 5.41) is 2.46. The zero-order valence-corrected chi connectivity index (χ0v) is 15.1. The lowest BCUT2D eigenvalue weighted by molar-refractivity contribution is -0.126. The largest absolute Gasteiger partial charge is 0.296 e. The van der Waals surface area contributed by atoms with Crippen molar-refractivity contribution in [2.24, 2.45) is 28.6 Å². The Labute approximate surface area is 140 Å². The summed E-state index contributed by atoms with van der Waals surface area (Å²) >= 11 is 0. The molecule has 0 radical (unpaired) electrons. The smallest absolute Gasteiger partial charge is 0.230 e. The molecule has 0 spiro atoms. The molecule has 0 unspecified atom stereocenters. The average molecular weight is 317 g/mol. The summed E-state index contributed by atoms with van der Waals surface area (Å²) < 4.78 is 0. The van der Waals surface area contributed by atoms with Crippen molar-refractivity contribution >= 4 is 11.8 Å². The van der Waals surface area contributed by atoms with E-state index in [2.05, 4.69) is 39.1 Å². The van der Waals surface area contributed by atoms with Crippen LogP contribution < -0.4 is 5.32 Å². The molecular weight excluding hydrogens is 286 g/mol. The molecule has 1 heterocycles. The van der Waals surface area contributed by atoms with Gasteiger partial charge in [0.1, 0.15) is 0 Å². The Hall–Kier alpha value is -1.12. The maximum Gasteiger partial charge on any atom is 0.230 e. The van der Waals surface area contributed by atoms with Gasteiger partial charge >= 0.3 is 0 Å². The number of carbonyl (C=O) groups is 2. The lowest BCUT2D eigenvalue weighted by Crippen LogP contribution is -2.49. The van der Waals surface area contributed by atoms with Crippen molar-refractivity contribution in [2.75, 3.05) is 0 Å². The van der Waals surface area contributed by atoms with Gasteiger partial charge in [0.2, 0.25) is 11.8 Å². The molecule has 2 fully saturated rings. The van der Waals surface area contributed by atoms with Gasteiger partial charge in [-0.25, -0.2) is 0 Å². The van der Waals surface area contributed by atoms with Gasteiger partial charge in [-0.1, -0.05) is 32.4 Å². The Morgan fingerprint density at radius 2 is 2.00 bits per heavy atom. The number of rotatable bonds is 3. The molecule has 1 N–H and O–H groups in total. The summed E-state index contributed by atoms with van der Waals surface area (Å²) in [7, 11) is 0. The Morgan fingerprint density at radius 3 is 2.65 bits per heavy atom. The van der Waals surface area contributed by atoms with Crippen molar-refractivity contribution in [1.82, 2.24) is 5.32 Å². The fourth-order valence-corrected chi connectivity index (χ4v) is 5.66. The Bertz CT molecular complexity index is 552. The first kappa shape index (κ1) is 16.7. The van der Waals surface area contributed by atoms with E-state index >= 15 is 0 Å². The molecule has 5 atom stereocenters. The van der Waals surface area contributed by atoms with Crippen molar-refractivity contribution in [3.63, 3.8) is 0 Å². The van der Waals surface area contributed by atoms with Crippen LogP contribution in [0.15, 0.2) is 11.6 Å². The molecular formula is C20H31NO2. The van der Waals surface area contributed by atoms with Crippen molar-refractivity contribution in [3.05, 3.63) is 11.6 Å². The van der Waals surface area contributed by atoms with Gasteiger partial charge in [-0.15, -0.1) is 0 Å². The predicted octanol–water partition coefficient (Wildman–Crippen LogP) is 4.23. The monoisotopic (exact) mass is 317 g/mol. The van der Waals surface area contributed by atoms with Gasteiger partial charge in [-0.05, 0) is 68.1 Å². The van der Waals surface area contributed by atoms with Gasteiger partial charge in [-0.2, -0.15) is 0 Å². The van der Waals surface area contributed by atoms with Crippen LogP contribution >= 0.6 is 0 Å². The quantitative estimate of drug-likeness (QED) is 0.625. The lowest BCUT2D eigenvalue weighted by atomic mass is 9.47. The van der Waals surface area contributed by atoms with E-state index in [-0.39, 0.29) is 23.1 Å². The highest BCUT2D eigenvalue weighted by molar-refractivity contribution is 6.03. The summed E-state index contributed by atoms with van der Waals surface area (Å²) in [5.41, 5.74) is 2.17. The molecule has 2 aliphatic carbocycles. The highest BCUT2D eigenvalue weighted by Gasteiger charge is 2.53. The van der Waals surface area contributed by atoms with E-state index in [1.54, 1.807) is 5.57 Å². The second-order valence-corrected chi connectivity index (χ2v) is 8.73. The number of allylic oxidation sites excluding steroid dienone is 2. The number of nitrogens with one attached hydrogen (secondary N) is 1. The lowest BCUT2D eigenvalue weighted by Gasteiger charge is -2.58. The molecule has 3 heteroatoms. The maximum atomic E-state index is 11.9. The second kappa shape index (κ2) is 5.75. The van der Waals surface area contributed by atoms with Crippen molar-refractivity contribution in [1.29, 1.82) is 0 Å². The van der Waals surface area contributed by atoms with Crippen molar-refractivity contribution in [2.45, 2.75) is 72.6 Å². The molecule has 0 aromatic heterocycles. The first-order valence-electron chi connectivity index (χ1n) is 9.28. The van der Waals surface area contributed by atoms with Gasteiger partial charge in [0.25, 0.3) is 0 Å². The van der Waals surface area contributed by atoms with Crippen LogP contribution in [0, 0.1) is 28.6 Å². The van der Waals surface area contributed by atoms with Crippen LogP contribution in [0.3, 0.4) is 0 Å². The molecule has 1 saturated carbocycles. The minimum atomic E-state index is -0.0973. The number of fused-ring (bicyclic) bond motifs is 1. The van der Waals surface area contributed by atoms with Crippen LogP contribution in [0.4, 0.5) is 0 Å². The summed E-state index contributed by atoms with van der Waals surface area (Å²) in [6, 6.07) is 0. The van der Waals surface area contributed by atoms with E-state index in [4.69, 9.17) is 0 Å². The van der Waals surface area contributed by atoms with Crippen molar-refractivity contribution < 1.29 is 9.59 Å². The van der Waals surface area contributed by atoms with Crippen LogP contribution in [0.1, 0.15) is 72.6 Å². The molecule has 3 aliphatic rings. The van der Waals surface area contributed by atoms with Gasteiger partial charge in [0.05, 0.1) is 0 Å². The molecule has 0 aromatic carbocycles. The highest BCUT2D eigenvalue weighted by atomic mass is 16.2. The van der Waals surface area contributed by atoms with Crippen LogP contribution in [0.2, 0.25) is 0 Å². The Morgan fingerprint density at radius 1 is 1.26 bits per heavy atom. The van der Waals surface area contributed by atoms with E-state index in [0.717, 1.165) is 12.8 Å². The molecule has 0 bridgehead atoms. The molecule has 1 aliphatic heterocycles. The van der Waals surface area contributed by atoms with E-state index in [1.165, 1.54) is 25.7 Å². The third kappa shape index (κ3) is 2.66. The molecule has 3 rings (SSSR count). The van der Waals surface area contributed by atoms with Gasteiger partial charge in [0.15, 0.2) is 0 Å². The summed E-state index contributed by atoms with van der Waals surface area (Å²) in [5.74, 6) is 1.14. The van der Waals surface area contributed by atoms with Gasteiger partial charge in [-0.3, -0.25) is 14.9 Å². The third-order valence-electron chi connectivity index (χ3n) is 7.69. The second-order valence-electron chi connectivity index (χ2n) is 8.73. The number of imide groups is 1. The van der Waals surface area contributed by atoms with Crippen LogP contribution in [-0.4, -0.2) is 11.8 Å². The number of amides is 2. The molecule has 3 nitrogen and oxygen atoms in total. The van der Waals surface area contributed by atoms with E-state index < -0.39 is 0 Å². The van der Waals surface area contributed by atoms with Crippen LogP contribution in [-0.2, 0) is 9.59 Å². The van der Waals surface area contributed by atoms with Crippen LogP contribution in [0.25, 0.3) is 0 Å². The highest BCUT2D eigenvalue weighted by Crippen LogP contribution is 2.61. The zero-order valence-electron chi connectivity index (χ0n) is 15.1. The number of hydrogen-bond donors (Lipinski definition) is 1. The molecule has 2 amide bonds.